The molecule has 1 aromatic rings. The average Bonchev–Trinajstić information content (AvgIpc) is 2.35. The van der Waals surface area contributed by atoms with Gasteiger partial charge >= 0.3 is 0 Å². The number of benzene rings is 1. The van der Waals surface area contributed by atoms with Crippen molar-refractivity contribution in [3.63, 3.8) is 0 Å². The SMILES string of the molecule is CC(C)N(C)C(CC(N)=NO)c1ccccc1. The van der Waals surface area contributed by atoms with Crippen molar-refractivity contribution in [2.75, 3.05) is 7.05 Å². The van der Waals surface area contributed by atoms with E-state index in [0.717, 1.165) is 0 Å². The van der Waals surface area contributed by atoms with Crippen LogP contribution in [0.4, 0.5) is 0 Å². The highest BCUT2D eigenvalue weighted by atomic mass is 16.4. The summed E-state index contributed by atoms with van der Waals surface area (Å²) in [5.74, 6) is 0.256. The molecule has 1 aromatic carbocycles. The van der Waals surface area contributed by atoms with Crippen LogP contribution in [-0.4, -0.2) is 29.0 Å². The van der Waals surface area contributed by atoms with Gasteiger partial charge in [-0.3, -0.25) is 4.90 Å². The fourth-order valence-corrected chi connectivity index (χ4v) is 1.77. The van der Waals surface area contributed by atoms with Gasteiger partial charge in [0.25, 0.3) is 0 Å². The zero-order valence-corrected chi connectivity index (χ0v) is 10.7. The number of hydrogen-bond donors (Lipinski definition) is 2. The summed E-state index contributed by atoms with van der Waals surface area (Å²) in [6.07, 6.45) is 0.523. The first-order valence-corrected chi connectivity index (χ1v) is 5.79. The molecule has 0 heterocycles. The predicted octanol–water partition coefficient (Wildman–Crippen LogP) is 2.20. The van der Waals surface area contributed by atoms with Gasteiger partial charge in [-0.2, -0.15) is 0 Å². The van der Waals surface area contributed by atoms with Crippen molar-refractivity contribution in [1.82, 2.24) is 4.90 Å². The standard InChI is InChI=1S/C13H21N3O/c1-10(2)16(3)12(9-13(14)15-17)11-7-5-4-6-8-11/h4-8,10,12,17H,9H2,1-3H3,(H2,14,15). The molecule has 4 heteroatoms. The average molecular weight is 235 g/mol. The Morgan fingerprint density at radius 2 is 1.94 bits per heavy atom. The van der Waals surface area contributed by atoms with Gasteiger partial charge in [-0.05, 0) is 26.5 Å². The number of oxime groups is 1. The Morgan fingerprint density at radius 1 is 1.35 bits per heavy atom. The van der Waals surface area contributed by atoms with Gasteiger partial charge < -0.3 is 10.9 Å². The maximum Gasteiger partial charge on any atom is 0.141 e. The minimum atomic E-state index is 0.132. The molecule has 0 saturated heterocycles. The van der Waals surface area contributed by atoms with E-state index in [1.165, 1.54) is 5.56 Å². The molecule has 0 fully saturated rings. The Kier molecular flexibility index (Phi) is 4.97. The van der Waals surface area contributed by atoms with Crippen molar-refractivity contribution < 1.29 is 5.21 Å². The zero-order chi connectivity index (χ0) is 12.8. The fraction of sp³-hybridized carbons (Fsp3) is 0.462. The number of amidine groups is 1. The lowest BCUT2D eigenvalue weighted by molar-refractivity contribution is 0.199. The minimum Gasteiger partial charge on any atom is -0.409 e. The van der Waals surface area contributed by atoms with E-state index in [1.807, 2.05) is 25.2 Å². The molecule has 0 saturated carbocycles. The monoisotopic (exact) mass is 235 g/mol. The molecule has 0 aliphatic carbocycles. The molecule has 94 valence electrons. The number of nitrogens with zero attached hydrogens (tertiary/aromatic N) is 2. The van der Waals surface area contributed by atoms with Gasteiger partial charge in [-0.25, -0.2) is 0 Å². The molecule has 0 radical (unpaired) electrons. The van der Waals surface area contributed by atoms with Gasteiger partial charge in [0.2, 0.25) is 0 Å². The molecule has 1 atom stereocenters. The van der Waals surface area contributed by atoms with E-state index in [0.29, 0.717) is 12.5 Å². The Bertz CT molecular complexity index is 362. The molecule has 3 N–H and O–H groups in total. The van der Waals surface area contributed by atoms with Crippen molar-refractivity contribution in [1.29, 1.82) is 0 Å². The van der Waals surface area contributed by atoms with Gasteiger partial charge in [0.05, 0.1) is 0 Å². The minimum absolute atomic E-state index is 0.132. The van der Waals surface area contributed by atoms with E-state index in [-0.39, 0.29) is 11.9 Å². The highest BCUT2D eigenvalue weighted by Crippen LogP contribution is 2.24. The van der Waals surface area contributed by atoms with Gasteiger partial charge in [0, 0.05) is 18.5 Å². The normalized spacial score (nSPS) is 14.3. The molecular formula is C13H21N3O. The Morgan fingerprint density at radius 3 is 2.41 bits per heavy atom. The summed E-state index contributed by atoms with van der Waals surface area (Å²) < 4.78 is 0. The zero-order valence-electron chi connectivity index (χ0n) is 10.7. The Labute approximate surface area is 103 Å². The molecule has 0 spiro atoms. The predicted molar refractivity (Wildman–Crippen MR) is 70.1 cm³/mol. The topological polar surface area (TPSA) is 61.8 Å². The highest BCUT2D eigenvalue weighted by Gasteiger charge is 2.20. The summed E-state index contributed by atoms with van der Waals surface area (Å²) in [5, 5.41) is 11.8. The van der Waals surface area contributed by atoms with Gasteiger partial charge in [0.15, 0.2) is 0 Å². The summed E-state index contributed by atoms with van der Waals surface area (Å²) in [6.45, 7) is 4.25. The van der Waals surface area contributed by atoms with E-state index in [1.54, 1.807) is 0 Å². The fourth-order valence-electron chi connectivity index (χ4n) is 1.77. The quantitative estimate of drug-likeness (QED) is 0.356. The lowest BCUT2D eigenvalue weighted by Crippen LogP contribution is -2.33. The van der Waals surface area contributed by atoms with Crippen LogP contribution in [0, 0.1) is 0 Å². The van der Waals surface area contributed by atoms with Crippen LogP contribution in [0.25, 0.3) is 0 Å². The van der Waals surface area contributed by atoms with Crippen LogP contribution in [0.5, 0.6) is 0 Å². The second-order valence-corrected chi connectivity index (χ2v) is 4.48. The first-order valence-electron chi connectivity index (χ1n) is 5.79. The first-order chi connectivity index (χ1) is 8.06. The first kappa shape index (κ1) is 13.5. The van der Waals surface area contributed by atoms with Gasteiger partial charge in [0.1, 0.15) is 5.84 Å². The van der Waals surface area contributed by atoms with E-state index < -0.39 is 0 Å². The molecular weight excluding hydrogens is 214 g/mol. The third-order valence-corrected chi connectivity index (χ3v) is 3.02. The summed E-state index contributed by atoms with van der Waals surface area (Å²) in [4.78, 5) is 2.22. The van der Waals surface area contributed by atoms with E-state index in [4.69, 9.17) is 10.9 Å². The highest BCUT2D eigenvalue weighted by molar-refractivity contribution is 5.80. The molecule has 0 bridgehead atoms. The van der Waals surface area contributed by atoms with Crippen molar-refractivity contribution in [2.24, 2.45) is 10.9 Å². The van der Waals surface area contributed by atoms with Crippen LogP contribution in [0.15, 0.2) is 35.5 Å². The molecule has 17 heavy (non-hydrogen) atoms. The van der Waals surface area contributed by atoms with Crippen molar-refractivity contribution in [3.05, 3.63) is 35.9 Å². The van der Waals surface area contributed by atoms with Gasteiger partial charge in [-0.1, -0.05) is 35.5 Å². The maximum absolute atomic E-state index is 8.70. The summed E-state index contributed by atoms with van der Waals surface area (Å²) in [7, 11) is 2.05. The Hall–Kier alpha value is -1.55. The van der Waals surface area contributed by atoms with E-state index >= 15 is 0 Å². The lowest BCUT2D eigenvalue weighted by Gasteiger charge is -2.31. The Balaban J connectivity index is 2.94. The summed E-state index contributed by atoms with van der Waals surface area (Å²) in [6, 6.07) is 10.6. The van der Waals surface area contributed by atoms with E-state index in [2.05, 4.69) is 36.0 Å². The van der Waals surface area contributed by atoms with Crippen LogP contribution >= 0.6 is 0 Å². The molecule has 1 unspecified atom stereocenters. The van der Waals surface area contributed by atoms with Crippen LogP contribution in [0.3, 0.4) is 0 Å². The maximum atomic E-state index is 8.70. The molecule has 0 aromatic heterocycles. The van der Waals surface area contributed by atoms with E-state index in [9.17, 15) is 0 Å². The van der Waals surface area contributed by atoms with Crippen LogP contribution in [-0.2, 0) is 0 Å². The molecule has 0 aliphatic heterocycles. The third-order valence-electron chi connectivity index (χ3n) is 3.02. The second-order valence-electron chi connectivity index (χ2n) is 4.48. The lowest BCUT2D eigenvalue weighted by atomic mass is 10.0. The number of nitrogens with two attached hydrogens (primary N) is 1. The number of hydrogen-bond acceptors (Lipinski definition) is 3. The van der Waals surface area contributed by atoms with Crippen molar-refractivity contribution in [3.8, 4) is 0 Å². The van der Waals surface area contributed by atoms with Crippen molar-refractivity contribution in [2.45, 2.75) is 32.4 Å². The summed E-state index contributed by atoms with van der Waals surface area (Å²) in [5.41, 5.74) is 6.80. The van der Waals surface area contributed by atoms with Crippen LogP contribution < -0.4 is 5.73 Å². The van der Waals surface area contributed by atoms with Crippen molar-refractivity contribution >= 4 is 5.84 Å². The van der Waals surface area contributed by atoms with Crippen LogP contribution in [0.1, 0.15) is 31.9 Å². The molecule has 4 nitrogen and oxygen atoms in total. The number of rotatable bonds is 5. The third kappa shape index (κ3) is 3.75. The van der Waals surface area contributed by atoms with Crippen LogP contribution in [0.2, 0.25) is 0 Å². The summed E-state index contributed by atoms with van der Waals surface area (Å²) >= 11 is 0. The van der Waals surface area contributed by atoms with Gasteiger partial charge in [-0.15, -0.1) is 0 Å². The smallest absolute Gasteiger partial charge is 0.141 e. The second kappa shape index (κ2) is 6.25. The molecule has 1 rings (SSSR count). The molecule has 0 aliphatic rings. The molecule has 0 amide bonds. The largest absolute Gasteiger partial charge is 0.409 e.